The topological polar surface area (TPSA) is 210 Å². The molecule has 0 bridgehead atoms. The smallest absolute Gasteiger partial charge is 0.431 e. The number of carbonyl (C=O) groups excluding carboxylic acids is 3. The summed E-state index contributed by atoms with van der Waals surface area (Å²) in [5, 5.41) is 28.8. The summed E-state index contributed by atoms with van der Waals surface area (Å²) in [6, 6.07) is 8.17. The molecule has 0 saturated carbocycles. The maximum atomic E-state index is 15.1. The van der Waals surface area contributed by atoms with Crippen LogP contribution in [0.3, 0.4) is 0 Å². The number of likely N-dealkylation sites (N-methyl/N-ethyl adjacent to an activating group) is 1. The molecule has 18 heteroatoms. The SMILES string of the molecule is CC[C@H]1OC(=O)[C@H](C)[C@@H](OC2CC(C)(OC)C(O)C(C)O2)[C@H](C)[C@@H](OC2OC(C)CC(N(C)C)C2O)[C@](C)(OC)C[C@@H](C)C(=O)[C@H](C)[C@H]2N(/N=C/c3cnc(-c4ccccc4)nc3C)C(=O)O[C@]12C. The first kappa shape index (κ1) is 54.4. The second kappa shape index (κ2) is 21.8. The lowest BCUT2D eigenvalue weighted by Gasteiger charge is -2.50. The average Bonchev–Trinajstić information content (AvgIpc) is 3.58. The Bertz CT molecular complexity index is 2130. The maximum absolute atomic E-state index is 15.1. The fourth-order valence-corrected chi connectivity index (χ4v) is 11.1. The molecular formula is C51H77N5O13. The lowest BCUT2D eigenvalue weighted by Crippen LogP contribution is -2.61. The molecule has 1 amide bonds. The van der Waals surface area contributed by atoms with Crippen LogP contribution in [0.5, 0.6) is 0 Å². The molecule has 0 spiro atoms. The summed E-state index contributed by atoms with van der Waals surface area (Å²) in [6.07, 6.45) is -5.10. The van der Waals surface area contributed by atoms with Gasteiger partial charge in [0, 0.05) is 61.8 Å². The number of carbonyl (C=O) groups is 3. The monoisotopic (exact) mass is 968 g/mol. The Morgan fingerprint density at radius 2 is 1.59 bits per heavy atom. The summed E-state index contributed by atoms with van der Waals surface area (Å²) in [5.41, 5.74) is -1.97. The number of Topliss-reactive ketones (excluding diaryl/α,β-unsaturated/α-hetero) is 1. The number of rotatable bonds is 11. The van der Waals surface area contributed by atoms with E-state index in [0.29, 0.717) is 23.5 Å². The average molecular weight is 968 g/mol. The molecule has 384 valence electrons. The summed E-state index contributed by atoms with van der Waals surface area (Å²) < 4.78 is 51.5. The normalized spacial score (nSPS) is 40.6. The molecule has 69 heavy (non-hydrogen) atoms. The van der Waals surface area contributed by atoms with Crippen LogP contribution < -0.4 is 0 Å². The predicted molar refractivity (Wildman–Crippen MR) is 255 cm³/mol. The molecule has 2 N–H and O–H groups in total. The highest BCUT2D eigenvalue weighted by atomic mass is 16.7. The van der Waals surface area contributed by atoms with Gasteiger partial charge in [-0.3, -0.25) is 9.59 Å². The number of aliphatic hydroxyl groups is 2. The lowest BCUT2D eigenvalue weighted by atomic mass is 9.73. The zero-order chi connectivity index (χ0) is 50.9. The van der Waals surface area contributed by atoms with E-state index in [0.717, 1.165) is 10.6 Å². The van der Waals surface area contributed by atoms with Gasteiger partial charge in [-0.1, -0.05) is 58.0 Å². The number of nitrogens with zero attached hydrogens (tertiary/aromatic N) is 5. The van der Waals surface area contributed by atoms with Gasteiger partial charge in [-0.15, -0.1) is 0 Å². The minimum Gasteiger partial charge on any atom is -0.458 e. The van der Waals surface area contributed by atoms with Crippen LogP contribution in [0.4, 0.5) is 4.79 Å². The van der Waals surface area contributed by atoms with Crippen molar-refractivity contribution in [1.29, 1.82) is 0 Å². The van der Waals surface area contributed by atoms with E-state index in [-0.39, 0.29) is 37.2 Å². The second-order valence-electron chi connectivity index (χ2n) is 20.6. The number of ketones is 1. The highest BCUT2D eigenvalue weighted by Crippen LogP contribution is 2.45. The van der Waals surface area contributed by atoms with Gasteiger partial charge in [0.2, 0.25) is 0 Å². The van der Waals surface area contributed by atoms with Gasteiger partial charge in [-0.2, -0.15) is 10.1 Å². The van der Waals surface area contributed by atoms with Gasteiger partial charge in [-0.25, -0.2) is 14.8 Å². The number of ether oxygens (including phenoxy) is 8. The number of esters is 1. The molecule has 4 aliphatic rings. The molecule has 0 aliphatic carbocycles. The van der Waals surface area contributed by atoms with Crippen LogP contribution in [0, 0.1) is 30.6 Å². The quantitative estimate of drug-likeness (QED) is 0.204. The van der Waals surface area contributed by atoms with E-state index in [9.17, 15) is 19.8 Å². The Morgan fingerprint density at radius 3 is 2.20 bits per heavy atom. The van der Waals surface area contributed by atoms with Crippen LogP contribution in [0.15, 0.2) is 41.6 Å². The van der Waals surface area contributed by atoms with Gasteiger partial charge in [0.25, 0.3) is 0 Å². The molecule has 0 radical (unpaired) electrons. The summed E-state index contributed by atoms with van der Waals surface area (Å²) in [7, 11) is 6.81. The van der Waals surface area contributed by atoms with Gasteiger partial charge in [0.15, 0.2) is 24.0 Å². The Kier molecular flexibility index (Phi) is 17.2. The van der Waals surface area contributed by atoms with E-state index >= 15 is 4.79 Å². The molecule has 4 saturated heterocycles. The first-order valence-corrected chi connectivity index (χ1v) is 24.4. The first-order valence-electron chi connectivity index (χ1n) is 24.4. The fraction of sp³-hybridized carbons (Fsp3) is 0.725. The number of cyclic esters (lactones) is 1. The summed E-state index contributed by atoms with van der Waals surface area (Å²) in [4.78, 5) is 55.4. The van der Waals surface area contributed by atoms with Gasteiger partial charge in [0.1, 0.15) is 30.1 Å². The number of methoxy groups -OCH3 is 2. The number of amides is 1. The van der Waals surface area contributed by atoms with Crippen LogP contribution in [-0.2, 0) is 47.5 Å². The van der Waals surface area contributed by atoms with Crippen molar-refractivity contribution in [2.45, 2.75) is 186 Å². The molecule has 18 atom stereocenters. The zero-order valence-electron chi connectivity index (χ0n) is 43.2. The summed E-state index contributed by atoms with van der Waals surface area (Å²) in [5.74, 6) is -3.83. The largest absolute Gasteiger partial charge is 0.458 e. The van der Waals surface area contributed by atoms with E-state index in [1.54, 1.807) is 47.7 Å². The highest BCUT2D eigenvalue weighted by molar-refractivity contribution is 5.86. The second-order valence-corrected chi connectivity index (χ2v) is 20.6. The Morgan fingerprint density at radius 1 is 0.928 bits per heavy atom. The molecule has 4 fully saturated rings. The van der Waals surface area contributed by atoms with Crippen molar-refractivity contribution in [3.8, 4) is 11.4 Å². The van der Waals surface area contributed by atoms with E-state index in [1.165, 1.54) is 20.4 Å². The van der Waals surface area contributed by atoms with Gasteiger partial charge < -0.3 is 53.0 Å². The van der Waals surface area contributed by atoms with Crippen LogP contribution in [0.1, 0.15) is 106 Å². The number of fused-ring (bicyclic) bond motifs is 1. The minimum absolute atomic E-state index is 0.0939. The first-order chi connectivity index (χ1) is 32.4. The van der Waals surface area contributed by atoms with Crippen molar-refractivity contribution >= 4 is 24.1 Å². The van der Waals surface area contributed by atoms with Crippen molar-refractivity contribution < 1.29 is 62.5 Å². The molecule has 5 heterocycles. The van der Waals surface area contributed by atoms with Crippen molar-refractivity contribution in [3.05, 3.63) is 47.8 Å². The third-order valence-corrected chi connectivity index (χ3v) is 15.4. The van der Waals surface area contributed by atoms with E-state index in [2.05, 4.69) is 15.1 Å². The van der Waals surface area contributed by atoms with E-state index < -0.39 is 108 Å². The Balaban J connectivity index is 1.45. The molecule has 4 aliphatic heterocycles. The van der Waals surface area contributed by atoms with Crippen molar-refractivity contribution in [2.24, 2.45) is 28.8 Å². The van der Waals surface area contributed by atoms with Crippen molar-refractivity contribution in [3.63, 3.8) is 0 Å². The van der Waals surface area contributed by atoms with Gasteiger partial charge in [0.05, 0.1) is 53.4 Å². The third kappa shape index (κ3) is 11.1. The number of hydrogen-bond donors (Lipinski definition) is 2. The number of hydrogen-bond acceptors (Lipinski definition) is 17. The minimum atomic E-state index is -1.58. The molecule has 2 aromatic rings. The highest BCUT2D eigenvalue weighted by Gasteiger charge is 2.61. The number of aliphatic hydroxyl groups excluding tert-OH is 2. The molecule has 1 aromatic carbocycles. The molecule has 6 rings (SSSR count). The fourth-order valence-electron chi connectivity index (χ4n) is 11.1. The molecule has 1 aromatic heterocycles. The van der Waals surface area contributed by atoms with Crippen LogP contribution in [0.25, 0.3) is 11.4 Å². The third-order valence-electron chi connectivity index (χ3n) is 15.4. The zero-order valence-corrected chi connectivity index (χ0v) is 43.2. The summed E-state index contributed by atoms with van der Waals surface area (Å²) in [6.45, 7) is 19.6. The van der Waals surface area contributed by atoms with E-state index in [1.807, 2.05) is 83.9 Å². The van der Waals surface area contributed by atoms with Crippen LogP contribution in [0.2, 0.25) is 0 Å². The Hall–Kier alpha value is -3.98. The molecule has 8 unspecified atom stereocenters. The van der Waals surface area contributed by atoms with Crippen LogP contribution in [-0.4, -0.2) is 167 Å². The Labute approximate surface area is 407 Å². The number of benzene rings is 1. The standard InChI is InChI=1S/C51H77N5O13/c1-16-37-51(11)42(56(48(61)69-51)53-26-35-25-52-45(54-32(35)7)34-20-18-17-19-21-34)29(4)39(57)27(2)23-50(10,63-15)44(68-47-40(58)36(55(12)13)22-28(3)64-47)30(5)41(31(6)46(60)66-37)67-38-24-49(9,62-14)43(59)33(8)65-38/h17-21,25-31,33,36-38,40-44,47,58-59H,16,22-24H2,1-15H3/b53-26+/t27-,28?,29+,30+,31-,33?,36?,37-,38?,40?,41+,42-,43?,44-,47?,49?,50-,51-/m1/s1. The van der Waals surface area contributed by atoms with Gasteiger partial charge in [-0.05, 0) is 81.8 Å². The maximum Gasteiger partial charge on any atom is 0.431 e. The van der Waals surface area contributed by atoms with Crippen LogP contribution >= 0.6 is 0 Å². The van der Waals surface area contributed by atoms with Crippen molar-refractivity contribution in [2.75, 3.05) is 28.3 Å². The predicted octanol–water partition coefficient (Wildman–Crippen LogP) is 5.71. The molecule has 18 nitrogen and oxygen atoms in total. The number of aryl methyl sites for hydroxylation is 1. The molecular weight excluding hydrogens is 891 g/mol. The van der Waals surface area contributed by atoms with E-state index in [4.69, 9.17) is 37.9 Å². The van der Waals surface area contributed by atoms with Gasteiger partial charge >= 0.3 is 12.1 Å². The number of hydrazone groups is 1. The lowest BCUT2D eigenvalue weighted by molar-refractivity contribution is -0.319. The number of aromatic nitrogens is 2. The summed E-state index contributed by atoms with van der Waals surface area (Å²) >= 11 is 0. The van der Waals surface area contributed by atoms with Crippen molar-refractivity contribution in [1.82, 2.24) is 19.9 Å².